The first-order valence-corrected chi connectivity index (χ1v) is 6.73. The normalized spacial score (nSPS) is 11.1. The van der Waals surface area contributed by atoms with E-state index in [9.17, 15) is 0 Å². The number of nitrogens with zero attached hydrogens (tertiary/aromatic N) is 1. The molecule has 1 N–H and O–H groups in total. The Hall–Kier alpha value is -0.860. The van der Waals surface area contributed by atoms with Gasteiger partial charge in [0.1, 0.15) is 0 Å². The summed E-state index contributed by atoms with van der Waals surface area (Å²) in [6.07, 6.45) is 2.43. The molecule has 0 atom stereocenters. The maximum absolute atomic E-state index is 3.34. The highest BCUT2D eigenvalue weighted by Crippen LogP contribution is 2.07. The molecule has 0 spiro atoms. The minimum absolute atomic E-state index is 0. The Morgan fingerprint density at radius 1 is 1.12 bits per heavy atom. The van der Waals surface area contributed by atoms with E-state index in [1.54, 1.807) is 0 Å². The van der Waals surface area contributed by atoms with Gasteiger partial charge >= 0.3 is 0 Å². The first kappa shape index (κ1) is 14.2. The molecule has 0 aliphatic carbocycles. The molecule has 1 rings (SSSR count). The van der Waals surface area contributed by atoms with Crippen LogP contribution >= 0.6 is 0 Å². The smallest absolute Gasteiger partial charge is 0.0205 e. The van der Waals surface area contributed by atoms with Gasteiger partial charge in [0, 0.05) is 7.97 Å². The first-order chi connectivity index (χ1) is 8.26. The van der Waals surface area contributed by atoms with Gasteiger partial charge in [-0.3, -0.25) is 0 Å². The van der Waals surface area contributed by atoms with Crippen LogP contribution in [0.1, 0.15) is 32.8 Å². The van der Waals surface area contributed by atoms with Crippen LogP contribution in [0, 0.1) is 0 Å². The van der Waals surface area contributed by atoms with Crippen LogP contribution in [0.15, 0.2) is 24.3 Å². The molecule has 0 aliphatic rings. The summed E-state index contributed by atoms with van der Waals surface area (Å²) in [6, 6.07) is 9.00. The van der Waals surface area contributed by atoms with Crippen molar-refractivity contribution in [2.24, 2.45) is 0 Å². The average molecular weight is 236 g/mol. The van der Waals surface area contributed by atoms with Crippen molar-refractivity contribution >= 4 is 0 Å². The Labute approximate surface area is 108 Å². The molecule has 0 fully saturated rings. The van der Waals surface area contributed by atoms with Gasteiger partial charge < -0.3 is 10.2 Å². The molecule has 0 amide bonds. The molecule has 0 radical (unpaired) electrons. The molecule has 0 unspecified atom stereocenters. The Morgan fingerprint density at radius 3 is 2.35 bits per heavy atom. The van der Waals surface area contributed by atoms with Gasteiger partial charge in [-0.05, 0) is 50.7 Å². The van der Waals surface area contributed by atoms with Gasteiger partial charge in [0.2, 0.25) is 0 Å². The van der Waals surface area contributed by atoms with Gasteiger partial charge in [-0.1, -0.05) is 38.1 Å². The summed E-state index contributed by atoms with van der Waals surface area (Å²) in [6.45, 7) is 8.69. The quantitative estimate of drug-likeness (QED) is 0.746. The summed E-state index contributed by atoms with van der Waals surface area (Å²) in [5.41, 5.74) is 2.83. The third-order valence-corrected chi connectivity index (χ3v) is 3.15. The van der Waals surface area contributed by atoms with Crippen molar-refractivity contribution in [2.75, 3.05) is 26.7 Å². The third kappa shape index (κ3) is 5.85. The summed E-state index contributed by atoms with van der Waals surface area (Å²) < 4.78 is 0. The zero-order valence-corrected chi connectivity index (χ0v) is 11.5. The lowest BCUT2D eigenvalue weighted by Crippen LogP contribution is -2.19. The molecule has 0 bridgehead atoms. The van der Waals surface area contributed by atoms with Crippen molar-refractivity contribution in [1.82, 2.24) is 10.2 Å². The molecule has 0 heterocycles. The first-order valence-electron chi connectivity index (χ1n) is 6.73. The maximum atomic E-state index is 3.34. The van der Waals surface area contributed by atoms with Crippen molar-refractivity contribution in [3.05, 3.63) is 35.4 Å². The van der Waals surface area contributed by atoms with Gasteiger partial charge in [-0.15, -0.1) is 0 Å². The van der Waals surface area contributed by atoms with Crippen molar-refractivity contribution in [3.8, 4) is 0 Å². The zero-order chi connectivity index (χ0) is 12.5. The topological polar surface area (TPSA) is 15.3 Å². The molecular formula is C15H28N2. The number of aryl methyl sites for hydroxylation is 1. The average Bonchev–Trinajstić information content (AvgIpc) is 2.37. The second kappa shape index (κ2) is 8.26. The largest absolute Gasteiger partial charge is 0.313 e. The highest BCUT2D eigenvalue weighted by atomic mass is 15.1. The third-order valence-electron chi connectivity index (χ3n) is 3.15. The van der Waals surface area contributed by atoms with Gasteiger partial charge in [-0.25, -0.2) is 0 Å². The minimum Gasteiger partial charge on any atom is -0.313 e. The molecule has 0 aliphatic heterocycles. The van der Waals surface area contributed by atoms with Gasteiger partial charge in [0.05, 0.1) is 0 Å². The predicted octanol–water partition coefficient (Wildman–Crippen LogP) is 2.93. The second-order valence-electron chi connectivity index (χ2n) is 4.60. The molecule has 1 aromatic carbocycles. The molecule has 17 heavy (non-hydrogen) atoms. The van der Waals surface area contributed by atoms with Crippen LogP contribution in [0.2, 0.25) is 0 Å². The number of hydrogen-bond donors (Lipinski definition) is 1. The fourth-order valence-corrected chi connectivity index (χ4v) is 1.80. The van der Waals surface area contributed by atoms with Crippen LogP contribution < -0.4 is 5.32 Å². The minimum atomic E-state index is 0. The van der Waals surface area contributed by atoms with E-state index in [1.807, 2.05) is 0 Å². The molecular weight excluding hydrogens is 208 g/mol. The molecule has 2 nitrogen and oxygen atoms in total. The van der Waals surface area contributed by atoms with Crippen LogP contribution in [-0.4, -0.2) is 31.6 Å². The Kier molecular flexibility index (Phi) is 6.90. The van der Waals surface area contributed by atoms with E-state index in [0.29, 0.717) is 0 Å². The lowest BCUT2D eigenvalue weighted by atomic mass is 10.1. The number of benzene rings is 1. The van der Waals surface area contributed by atoms with Gasteiger partial charge in [0.15, 0.2) is 0 Å². The van der Waals surface area contributed by atoms with E-state index >= 15 is 0 Å². The molecule has 98 valence electrons. The van der Waals surface area contributed by atoms with E-state index in [0.717, 1.165) is 19.6 Å². The van der Waals surface area contributed by atoms with Crippen LogP contribution in [0.5, 0.6) is 0 Å². The fourth-order valence-electron chi connectivity index (χ4n) is 1.80. The fraction of sp³-hybridized carbons (Fsp3) is 0.600. The summed E-state index contributed by atoms with van der Waals surface area (Å²) in [5, 5.41) is 3.34. The van der Waals surface area contributed by atoms with E-state index < -0.39 is 0 Å². The van der Waals surface area contributed by atoms with Gasteiger partial charge in [-0.2, -0.15) is 0 Å². The molecule has 0 aromatic heterocycles. The van der Waals surface area contributed by atoms with Crippen LogP contribution in [0.25, 0.3) is 0 Å². The van der Waals surface area contributed by atoms with Gasteiger partial charge in [0.25, 0.3) is 0 Å². The van der Waals surface area contributed by atoms with Crippen molar-refractivity contribution in [2.45, 2.75) is 33.2 Å². The van der Waals surface area contributed by atoms with Crippen molar-refractivity contribution < 1.29 is 1.43 Å². The maximum Gasteiger partial charge on any atom is 0.0205 e. The molecule has 1 aromatic rings. The Morgan fingerprint density at radius 2 is 1.76 bits per heavy atom. The summed E-state index contributed by atoms with van der Waals surface area (Å²) in [4.78, 5) is 2.36. The summed E-state index contributed by atoms with van der Waals surface area (Å²) in [5.74, 6) is 0. The number of rotatable bonds is 8. The van der Waals surface area contributed by atoms with E-state index in [4.69, 9.17) is 0 Å². The number of hydrogen-bond acceptors (Lipinski definition) is 2. The summed E-state index contributed by atoms with van der Waals surface area (Å²) in [7, 11) is 2.18. The predicted molar refractivity (Wildman–Crippen MR) is 77.4 cm³/mol. The Balaban J connectivity index is 0.00000289. The zero-order valence-electron chi connectivity index (χ0n) is 11.5. The highest BCUT2D eigenvalue weighted by Gasteiger charge is 1.97. The molecule has 0 saturated carbocycles. The van der Waals surface area contributed by atoms with E-state index in [1.165, 1.54) is 30.5 Å². The number of nitrogens with one attached hydrogen (secondary N) is 1. The standard InChI is InChI=1S/C15H26N2.H2/c1-4-16-13-15-10-8-14(9-11-15)7-6-12-17(3)5-2;/h8-11,16H,4-7,12-13H2,1-3H3;1H. The van der Waals surface area contributed by atoms with E-state index in [2.05, 4.69) is 55.4 Å². The van der Waals surface area contributed by atoms with Crippen molar-refractivity contribution in [1.29, 1.82) is 0 Å². The lowest BCUT2D eigenvalue weighted by molar-refractivity contribution is 0.347. The highest BCUT2D eigenvalue weighted by molar-refractivity contribution is 5.22. The van der Waals surface area contributed by atoms with Crippen LogP contribution in [0.4, 0.5) is 0 Å². The molecule has 0 saturated heterocycles. The molecule has 2 heteroatoms. The monoisotopic (exact) mass is 236 g/mol. The van der Waals surface area contributed by atoms with Crippen LogP contribution in [0.3, 0.4) is 0 Å². The Bertz CT molecular complexity index is 298. The SMILES string of the molecule is CCNCc1ccc(CCCN(C)CC)cc1.[HH]. The summed E-state index contributed by atoms with van der Waals surface area (Å²) >= 11 is 0. The lowest BCUT2D eigenvalue weighted by Gasteiger charge is -2.13. The van der Waals surface area contributed by atoms with Crippen LogP contribution in [-0.2, 0) is 13.0 Å². The van der Waals surface area contributed by atoms with Crippen molar-refractivity contribution in [3.63, 3.8) is 0 Å². The second-order valence-corrected chi connectivity index (χ2v) is 4.60. The van der Waals surface area contributed by atoms with E-state index in [-0.39, 0.29) is 1.43 Å².